The highest BCUT2D eigenvalue weighted by molar-refractivity contribution is 9.10. The Morgan fingerprint density at radius 2 is 1.68 bits per heavy atom. The summed E-state index contributed by atoms with van der Waals surface area (Å²) >= 11 is 3.34. The number of amides is 2. The van der Waals surface area contributed by atoms with E-state index in [1.807, 2.05) is 37.3 Å². The van der Waals surface area contributed by atoms with Gasteiger partial charge < -0.3 is 15.0 Å². The SMILES string of the molecule is CNC(=O)C(C)N(Cc1ccccc1)C(=O)CN(c1ccc(C)cc1)S(=O)(=O)c1ccc(OC)c(Br)c1. The normalized spacial score (nSPS) is 11.9. The Labute approximate surface area is 226 Å². The van der Waals surface area contributed by atoms with Crippen LogP contribution in [0.5, 0.6) is 5.75 Å². The van der Waals surface area contributed by atoms with Gasteiger partial charge in [0.2, 0.25) is 11.8 Å². The molecule has 0 bridgehead atoms. The molecule has 0 radical (unpaired) electrons. The fourth-order valence-corrected chi connectivity index (χ4v) is 5.88. The number of carbonyl (C=O) groups is 2. The van der Waals surface area contributed by atoms with Gasteiger partial charge in [0, 0.05) is 13.6 Å². The van der Waals surface area contributed by atoms with Crippen LogP contribution >= 0.6 is 15.9 Å². The zero-order chi connectivity index (χ0) is 27.2. The van der Waals surface area contributed by atoms with E-state index in [1.54, 1.807) is 37.3 Å². The van der Waals surface area contributed by atoms with E-state index in [9.17, 15) is 18.0 Å². The number of ether oxygens (including phenoxy) is 1. The summed E-state index contributed by atoms with van der Waals surface area (Å²) < 4.78 is 34.5. The van der Waals surface area contributed by atoms with Gasteiger partial charge >= 0.3 is 0 Å². The number of aryl methyl sites for hydroxylation is 1. The minimum absolute atomic E-state index is 0.0116. The molecule has 8 nitrogen and oxygen atoms in total. The summed E-state index contributed by atoms with van der Waals surface area (Å²) in [7, 11) is -1.19. The summed E-state index contributed by atoms with van der Waals surface area (Å²) in [6.07, 6.45) is 0. The van der Waals surface area contributed by atoms with Crippen LogP contribution in [0.25, 0.3) is 0 Å². The fourth-order valence-electron chi connectivity index (χ4n) is 3.75. The van der Waals surface area contributed by atoms with E-state index in [0.29, 0.717) is 15.9 Å². The minimum Gasteiger partial charge on any atom is -0.496 e. The molecule has 37 heavy (non-hydrogen) atoms. The number of hydrogen-bond acceptors (Lipinski definition) is 5. The van der Waals surface area contributed by atoms with Gasteiger partial charge in [-0.1, -0.05) is 48.0 Å². The number of anilines is 1. The van der Waals surface area contributed by atoms with E-state index in [0.717, 1.165) is 15.4 Å². The number of carbonyl (C=O) groups excluding carboxylic acids is 2. The van der Waals surface area contributed by atoms with Crippen LogP contribution in [0.2, 0.25) is 0 Å². The van der Waals surface area contributed by atoms with Crippen LogP contribution < -0.4 is 14.4 Å². The Morgan fingerprint density at radius 3 is 2.24 bits per heavy atom. The summed E-state index contributed by atoms with van der Waals surface area (Å²) in [5, 5.41) is 2.57. The molecular formula is C27H30BrN3O5S. The maximum atomic E-state index is 13.9. The van der Waals surface area contributed by atoms with Crippen molar-refractivity contribution in [3.8, 4) is 5.75 Å². The number of benzene rings is 3. The lowest BCUT2D eigenvalue weighted by Gasteiger charge is -2.31. The molecule has 2 amide bonds. The number of nitrogens with zero attached hydrogens (tertiary/aromatic N) is 2. The molecule has 0 fully saturated rings. The Hall–Kier alpha value is -3.37. The molecule has 3 rings (SSSR count). The second-order valence-corrected chi connectivity index (χ2v) is 11.2. The van der Waals surface area contributed by atoms with Gasteiger partial charge in [-0.25, -0.2) is 8.42 Å². The first kappa shape index (κ1) is 28.2. The number of hydrogen-bond donors (Lipinski definition) is 1. The third kappa shape index (κ3) is 6.69. The molecule has 1 atom stereocenters. The molecule has 0 saturated carbocycles. The van der Waals surface area contributed by atoms with Crippen LogP contribution in [0.15, 0.2) is 82.2 Å². The highest BCUT2D eigenvalue weighted by Gasteiger charge is 2.32. The van der Waals surface area contributed by atoms with Crippen molar-refractivity contribution in [2.75, 3.05) is 25.0 Å². The first-order valence-electron chi connectivity index (χ1n) is 11.6. The summed E-state index contributed by atoms with van der Waals surface area (Å²) in [6.45, 7) is 3.15. The van der Waals surface area contributed by atoms with Crippen molar-refractivity contribution in [2.45, 2.75) is 31.3 Å². The van der Waals surface area contributed by atoms with E-state index in [1.165, 1.54) is 31.2 Å². The average Bonchev–Trinajstić information content (AvgIpc) is 2.90. The standard InChI is InChI=1S/C27H30BrN3O5S/c1-19-10-12-22(13-11-19)31(37(34,35)23-14-15-25(36-4)24(28)16-23)18-26(32)30(20(2)27(33)29-3)17-21-8-6-5-7-9-21/h5-16,20H,17-18H2,1-4H3,(H,29,33). The largest absolute Gasteiger partial charge is 0.496 e. The van der Waals surface area contributed by atoms with E-state index >= 15 is 0 Å². The fraction of sp³-hybridized carbons (Fsp3) is 0.259. The Balaban J connectivity index is 2.04. The van der Waals surface area contributed by atoms with Gasteiger partial charge in [0.25, 0.3) is 10.0 Å². The van der Waals surface area contributed by atoms with E-state index in [2.05, 4.69) is 21.2 Å². The van der Waals surface area contributed by atoms with Crippen molar-refractivity contribution in [3.05, 3.63) is 88.4 Å². The maximum absolute atomic E-state index is 13.9. The topological polar surface area (TPSA) is 96.0 Å². The van der Waals surface area contributed by atoms with Gasteiger partial charge in [-0.3, -0.25) is 13.9 Å². The van der Waals surface area contributed by atoms with Gasteiger partial charge in [0.1, 0.15) is 18.3 Å². The third-order valence-corrected chi connectivity index (χ3v) is 8.31. The number of halogens is 1. The van der Waals surface area contributed by atoms with Gasteiger partial charge in [-0.05, 0) is 65.7 Å². The number of rotatable bonds is 10. The summed E-state index contributed by atoms with van der Waals surface area (Å²) in [5.41, 5.74) is 2.09. The molecule has 0 aliphatic carbocycles. The van der Waals surface area contributed by atoms with Gasteiger partial charge in [-0.2, -0.15) is 0 Å². The number of sulfonamides is 1. The maximum Gasteiger partial charge on any atom is 0.264 e. The summed E-state index contributed by atoms with van der Waals surface area (Å²) in [6, 6.07) is 19.7. The monoisotopic (exact) mass is 587 g/mol. The molecule has 0 aliphatic heterocycles. The van der Waals surface area contributed by atoms with Crippen LogP contribution in [-0.4, -0.2) is 51.9 Å². The lowest BCUT2D eigenvalue weighted by molar-refractivity contribution is -0.139. The highest BCUT2D eigenvalue weighted by Crippen LogP contribution is 2.31. The molecule has 1 unspecified atom stereocenters. The van der Waals surface area contributed by atoms with Gasteiger partial charge in [-0.15, -0.1) is 0 Å². The van der Waals surface area contributed by atoms with Crippen LogP contribution in [0.1, 0.15) is 18.1 Å². The van der Waals surface area contributed by atoms with Crippen molar-refractivity contribution >= 4 is 43.5 Å². The summed E-state index contributed by atoms with van der Waals surface area (Å²) in [4.78, 5) is 27.6. The zero-order valence-corrected chi connectivity index (χ0v) is 23.5. The van der Waals surface area contributed by atoms with Crippen LogP contribution in [0.3, 0.4) is 0 Å². The predicted octanol–water partition coefficient (Wildman–Crippen LogP) is 4.12. The molecule has 1 N–H and O–H groups in total. The van der Waals surface area contributed by atoms with Crippen molar-refractivity contribution in [1.29, 1.82) is 0 Å². The van der Waals surface area contributed by atoms with E-state index in [4.69, 9.17) is 4.74 Å². The zero-order valence-electron chi connectivity index (χ0n) is 21.1. The quantitative estimate of drug-likeness (QED) is 0.385. The Morgan fingerprint density at radius 1 is 1.03 bits per heavy atom. The average molecular weight is 589 g/mol. The smallest absolute Gasteiger partial charge is 0.264 e. The van der Waals surface area contributed by atoms with Gasteiger partial charge in [0.15, 0.2) is 0 Å². The lowest BCUT2D eigenvalue weighted by atomic mass is 10.1. The molecule has 3 aromatic carbocycles. The first-order chi connectivity index (χ1) is 17.6. The van der Waals surface area contributed by atoms with Crippen LogP contribution in [0.4, 0.5) is 5.69 Å². The van der Waals surface area contributed by atoms with Crippen molar-refractivity contribution in [2.24, 2.45) is 0 Å². The van der Waals surface area contributed by atoms with Crippen molar-refractivity contribution in [1.82, 2.24) is 10.2 Å². The molecule has 0 aromatic heterocycles. The molecule has 0 aliphatic rings. The molecule has 10 heteroatoms. The van der Waals surface area contributed by atoms with Crippen LogP contribution in [-0.2, 0) is 26.2 Å². The molecule has 0 saturated heterocycles. The third-order valence-electron chi connectivity index (χ3n) is 5.92. The molecule has 196 valence electrons. The second kappa shape index (κ2) is 12.2. The Bertz CT molecular complexity index is 1350. The molecular weight excluding hydrogens is 558 g/mol. The first-order valence-corrected chi connectivity index (χ1v) is 13.8. The lowest BCUT2D eigenvalue weighted by Crippen LogP contribution is -2.50. The number of methoxy groups -OCH3 is 1. The molecule has 0 spiro atoms. The van der Waals surface area contributed by atoms with Crippen molar-refractivity contribution < 1.29 is 22.7 Å². The Kier molecular flexibility index (Phi) is 9.34. The van der Waals surface area contributed by atoms with Crippen LogP contribution in [0, 0.1) is 6.92 Å². The molecule has 0 heterocycles. The second-order valence-electron chi connectivity index (χ2n) is 8.44. The number of nitrogens with one attached hydrogen (secondary N) is 1. The molecule has 3 aromatic rings. The number of likely N-dealkylation sites (N-methyl/N-ethyl adjacent to an activating group) is 1. The van der Waals surface area contributed by atoms with Crippen molar-refractivity contribution in [3.63, 3.8) is 0 Å². The van der Waals surface area contributed by atoms with Gasteiger partial charge in [0.05, 0.1) is 22.2 Å². The van der Waals surface area contributed by atoms with E-state index < -0.39 is 28.5 Å². The minimum atomic E-state index is -4.17. The highest BCUT2D eigenvalue weighted by atomic mass is 79.9. The summed E-state index contributed by atoms with van der Waals surface area (Å²) in [5.74, 6) is -0.393. The van der Waals surface area contributed by atoms with E-state index in [-0.39, 0.29) is 17.3 Å². The predicted molar refractivity (Wildman–Crippen MR) is 147 cm³/mol.